The van der Waals surface area contributed by atoms with Crippen LogP contribution in [0.2, 0.25) is 0 Å². The molecule has 0 aliphatic carbocycles. The minimum Gasteiger partial charge on any atom is -0.241 e. The van der Waals surface area contributed by atoms with Gasteiger partial charge in [-0.2, -0.15) is 0 Å². The Balaban J connectivity index is 2.15. The van der Waals surface area contributed by atoms with Gasteiger partial charge in [0.15, 0.2) is 0 Å². The normalized spacial score (nSPS) is 11.2. The third kappa shape index (κ3) is 18.0. The van der Waals surface area contributed by atoms with Crippen LogP contribution in [0.15, 0.2) is 36.4 Å². The minimum atomic E-state index is -0.565. The number of carbonyl (C=O) groups is 2. The molecule has 0 unspecified atom stereocenters. The van der Waals surface area contributed by atoms with E-state index in [9.17, 15) is 9.59 Å². The fourth-order valence-electron chi connectivity index (χ4n) is 7.23. The zero-order chi connectivity index (χ0) is 36.1. The van der Waals surface area contributed by atoms with Crippen molar-refractivity contribution in [1.82, 2.24) is 0 Å². The monoisotopic (exact) mass is 691 g/mol. The molecule has 282 valence electrons. The molecule has 0 aromatic heterocycles. The van der Waals surface area contributed by atoms with E-state index in [1.807, 2.05) is 24.3 Å². The third-order valence-electron chi connectivity index (χ3n) is 10.3. The molecule has 0 bridgehead atoms. The first-order valence-corrected chi connectivity index (χ1v) is 21.2. The molecule has 0 heterocycles. The predicted octanol–water partition coefficient (Wildman–Crippen LogP) is 14.2. The fraction of sp³-hybridized carbons (Fsp3) is 0.696. The van der Waals surface area contributed by atoms with E-state index in [0.29, 0.717) is 11.1 Å². The standard InChI is InChI=1S/C46H74O4/c1-5-9-13-17-21-25-31-39-33-29-37-43(41(39)35-27-23-19-15-11-7-3)45(47)49-50-46(48)44-38-30-34-40(32-26-22-18-14-10-6-2)42(44)36-28-24-20-16-12-8-4/h29-30,33-34,37-38H,5-28,31-32,35-36H2,1-4H3. The van der Waals surface area contributed by atoms with Crippen LogP contribution in [-0.4, -0.2) is 11.9 Å². The zero-order valence-corrected chi connectivity index (χ0v) is 32.9. The summed E-state index contributed by atoms with van der Waals surface area (Å²) in [6, 6.07) is 12.0. The molecule has 0 N–H and O–H groups in total. The van der Waals surface area contributed by atoms with Gasteiger partial charge in [-0.05, 0) is 85.8 Å². The lowest BCUT2D eigenvalue weighted by molar-refractivity contribution is -0.187. The first kappa shape index (κ1) is 43.5. The average molecular weight is 691 g/mol. The van der Waals surface area contributed by atoms with Gasteiger partial charge in [-0.15, -0.1) is 0 Å². The summed E-state index contributed by atoms with van der Waals surface area (Å²) in [6.07, 6.45) is 32.9. The lowest BCUT2D eigenvalue weighted by atomic mass is 9.92. The molecule has 0 aliphatic rings. The largest absolute Gasteiger partial charge is 0.386 e. The Morgan fingerprint density at radius 2 is 0.660 bits per heavy atom. The number of aryl methyl sites for hydroxylation is 2. The molecule has 4 heteroatoms. The van der Waals surface area contributed by atoms with Crippen molar-refractivity contribution < 1.29 is 19.4 Å². The second kappa shape index (κ2) is 29.0. The van der Waals surface area contributed by atoms with Crippen LogP contribution >= 0.6 is 0 Å². The summed E-state index contributed by atoms with van der Waals surface area (Å²) in [5.41, 5.74) is 5.69. The van der Waals surface area contributed by atoms with Gasteiger partial charge in [0.25, 0.3) is 0 Å². The van der Waals surface area contributed by atoms with Gasteiger partial charge in [-0.3, -0.25) is 0 Å². The SMILES string of the molecule is CCCCCCCCc1cccc(C(=O)OOC(=O)c2cccc(CCCCCCCC)c2CCCCCCCC)c1CCCCCCCC. The van der Waals surface area contributed by atoms with Crippen molar-refractivity contribution in [3.8, 4) is 0 Å². The number of rotatable bonds is 30. The fourth-order valence-corrected chi connectivity index (χ4v) is 7.23. The van der Waals surface area contributed by atoms with Gasteiger partial charge in [0.1, 0.15) is 0 Å². The summed E-state index contributed by atoms with van der Waals surface area (Å²) in [5.74, 6) is -1.13. The Labute approximate surface area is 307 Å². The van der Waals surface area contributed by atoms with Crippen molar-refractivity contribution in [1.29, 1.82) is 0 Å². The van der Waals surface area contributed by atoms with E-state index in [4.69, 9.17) is 9.78 Å². The van der Waals surface area contributed by atoms with Gasteiger partial charge in [-0.1, -0.05) is 180 Å². The highest BCUT2D eigenvalue weighted by atomic mass is 17.2. The average Bonchev–Trinajstić information content (AvgIpc) is 3.13. The summed E-state index contributed by atoms with van der Waals surface area (Å²) in [7, 11) is 0. The molecule has 0 radical (unpaired) electrons. The van der Waals surface area contributed by atoms with Crippen molar-refractivity contribution >= 4 is 11.9 Å². The highest BCUT2D eigenvalue weighted by Crippen LogP contribution is 2.25. The van der Waals surface area contributed by atoms with Crippen LogP contribution in [0.5, 0.6) is 0 Å². The number of carbonyl (C=O) groups excluding carboxylic acids is 2. The van der Waals surface area contributed by atoms with E-state index in [1.54, 1.807) is 0 Å². The van der Waals surface area contributed by atoms with Crippen molar-refractivity contribution in [2.45, 2.75) is 207 Å². The maximum atomic E-state index is 13.6. The van der Waals surface area contributed by atoms with E-state index in [-0.39, 0.29) is 0 Å². The van der Waals surface area contributed by atoms with Gasteiger partial charge >= 0.3 is 11.9 Å². The molecular formula is C46H74O4. The van der Waals surface area contributed by atoms with Crippen LogP contribution in [0.25, 0.3) is 0 Å². The summed E-state index contributed by atoms with van der Waals surface area (Å²) in [6.45, 7) is 8.99. The molecule has 4 nitrogen and oxygen atoms in total. The molecule has 0 atom stereocenters. The number of hydrogen-bond donors (Lipinski definition) is 0. The predicted molar refractivity (Wildman–Crippen MR) is 212 cm³/mol. The summed E-state index contributed by atoms with van der Waals surface area (Å²) < 4.78 is 0. The van der Waals surface area contributed by atoms with Crippen LogP contribution in [-0.2, 0) is 35.5 Å². The lowest BCUT2D eigenvalue weighted by Gasteiger charge is -2.16. The second-order valence-electron chi connectivity index (χ2n) is 14.7. The van der Waals surface area contributed by atoms with Crippen molar-refractivity contribution in [2.24, 2.45) is 0 Å². The summed E-state index contributed by atoms with van der Waals surface area (Å²) >= 11 is 0. The van der Waals surface area contributed by atoms with E-state index in [0.717, 1.165) is 75.3 Å². The molecule has 0 spiro atoms. The summed E-state index contributed by atoms with van der Waals surface area (Å²) in [5, 5.41) is 0. The number of benzene rings is 2. The molecule has 0 saturated heterocycles. The van der Waals surface area contributed by atoms with E-state index < -0.39 is 11.9 Å². The van der Waals surface area contributed by atoms with Gasteiger partial charge in [0.05, 0.1) is 11.1 Å². The lowest BCUT2D eigenvalue weighted by Crippen LogP contribution is -2.16. The van der Waals surface area contributed by atoms with Gasteiger partial charge in [0, 0.05) is 0 Å². The van der Waals surface area contributed by atoms with Gasteiger partial charge < -0.3 is 0 Å². The molecule has 50 heavy (non-hydrogen) atoms. The third-order valence-corrected chi connectivity index (χ3v) is 10.3. The zero-order valence-electron chi connectivity index (χ0n) is 32.9. The van der Waals surface area contributed by atoms with E-state index in [2.05, 4.69) is 39.8 Å². The van der Waals surface area contributed by atoms with Crippen molar-refractivity contribution in [3.05, 3.63) is 69.8 Å². The Morgan fingerprint density at radius 1 is 0.380 bits per heavy atom. The van der Waals surface area contributed by atoms with Crippen LogP contribution in [0.1, 0.15) is 225 Å². The highest BCUT2D eigenvalue weighted by molar-refractivity contribution is 5.94. The quantitative estimate of drug-likeness (QED) is 0.0465. The Kier molecular flexibility index (Phi) is 25.3. The highest BCUT2D eigenvalue weighted by Gasteiger charge is 2.22. The van der Waals surface area contributed by atoms with Crippen LogP contribution in [0.3, 0.4) is 0 Å². The van der Waals surface area contributed by atoms with Crippen molar-refractivity contribution in [3.63, 3.8) is 0 Å². The topological polar surface area (TPSA) is 52.6 Å². The summed E-state index contributed by atoms with van der Waals surface area (Å²) in [4.78, 5) is 37.9. The van der Waals surface area contributed by atoms with Crippen molar-refractivity contribution in [2.75, 3.05) is 0 Å². The van der Waals surface area contributed by atoms with Crippen LogP contribution in [0, 0.1) is 0 Å². The smallest absolute Gasteiger partial charge is 0.241 e. The Morgan fingerprint density at radius 3 is 0.980 bits per heavy atom. The molecule has 2 rings (SSSR count). The molecule has 2 aromatic carbocycles. The van der Waals surface area contributed by atoms with Crippen LogP contribution in [0.4, 0.5) is 0 Å². The maximum Gasteiger partial charge on any atom is 0.386 e. The first-order chi connectivity index (χ1) is 24.6. The molecule has 2 aromatic rings. The number of hydrogen-bond acceptors (Lipinski definition) is 4. The minimum absolute atomic E-state index is 0.541. The molecule has 0 aliphatic heterocycles. The molecule has 0 fully saturated rings. The van der Waals surface area contributed by atoms with Gasteiger partial charge in [0.2, 0.25) is 0 Å². The first-order valence-electron chi connectivity index (χ1n) is 21.2. The molecule has 0 saturated carbocycles. The van der Waals surface area contributed by atoms with E-state index in [1.165, 1.54) is 127 Å². The van der Waals surface area contributed by atoms with E-state index >= 15 is 0 Å². The Hall–Kier alpha value is -2.62. The van der Waals surface area contributed by atoms with Crippen LogP contribution < -0.4 is 0 Å². The second-order valence-corrected chi connectivity index (χ2v) is 14.7. The Bertz CT molecular complexity index is 1080. The van der Waals surface area contributed by atoms with Gasteiger partial charge in [-0.25, -0.2) is 19.4 Å². The molecular weight excluding hydrogens is 617 g/mol. The molecule has 0 amide bonds. The maximum absolute atomic E-state index is 13.6. The number of unbranched alkanes of at least 4 members (excludes halogenated alkanes) is 20.